The number of rotatable bonds is 5. The molecule has 0 spiro atoms. The Hall–Kier alpha value is -2.49. The molecule has 26 heavy (non-hydrogen) atoms. The van der Waals surface area contributed by atoms with Crippen LogP contribution in [0, 0.1) is 0 Å². The van der Waals surface area contributed by atoms with Gasteiger partial charge in [0.05, 0.1) is 10.6 Å². The van der Waals surface area contributed by atoms with Crippen molar-refractivity contribution in [2.45, 2.75) is 24.7 Å². The van der Waals surface area contributed by atoms with Crippen LogP contribution in [0.25, 0.3) is 10.2 Å². The van der Waals surface area contributed by atoms with E-state index in [1.807, 2.05) is 12.1 Å². The zero-order chi connectivity index (χ0) is 18.9. The smallest absolute Gasteiger partial charge is 0.267 e. The van der Waals surface area contributed by atoms with Crippen molar-refractivity contribution in [1.29, 1.82) is 0 Å². The van der Waals surface area contributed by atoms with E-state index in [-0.39, 0.29) is 10.8 Å². The predicted octanol–water partition coefficient (Wildman–Crippen LogP) is 2.73. The van der Waals surface area contributed by atoms with Crippen LogP contribution in [0.1, 0.15) is 28.7 Å². The number of nitrogens with two attached hydrogens (primary N) is 2. The second-order valence-corrected chi connectivity index (χ2v) is 8.33. The summed E-state index contributed by atoms with van der Waals surface area (Å²) in [7, 11) is -3.77. The highest BCUT2D eigenvalue weighted by atomic mass is 32.2. The standard InChI is InChI=1S/C17H18N4O3S2/c1-2-3-10-6-9-13-14(18)15(25-17(13)21-10)16(22)20-11-4-7-12(8-5-11)26(19,23)24/h4-9H,2-3,18H2,1H3,(H,20,22)(H2,19,23,24). The Bertz CT molecular complexity index is 1070. The predicted molar refractivity (Wildman–Crippen MR) is 104 cm³/mol. The second kappa shape index (κ2) is 7.02. The van der Waals surface area contributed by atoms with Gasteiger partial charge >= 0.3 is 0 Å². The number of carbonyl (C=O) groups excluding carboxylic acids is 1. The number of aromatic nitrogens is 1. The molecule has 0 fully saturated rings. The zero-order valence-electron chi connectivity index (χ0n) is 14.0. The van der Waals surface area contributed by atoms with Crippen molar-refractivity contribution in [3.63, 3.8) is 0 Å². The van der Waals surface area contributed by atoms with Gasteiger partial charge in [-0.05, 0) is 42.8 Å². The summed E-state index contributed by atoms with van der Waals surface area (Å²) in [6.07, 6.45) is 1.85. The molecule has 136 valence electrons. The number of fused-ring (bicyclic) bond motifs is 1. The van der Waals surface area contributed by atoms with Gasteiger partial charge in [0, 0.05) is 16.8 Å². The molecule has 5 N–H and O–H groups in total. The van der Waals surface area contributed by atoms with Crippen molar-refractivity contribution in [1.82, 2.24) is 4.98 Å². The van der Waals surface area contributed by atoms with Gasteiger partial charge in [-0.2, -0.15) is 0 Å². The van der Waals surface area contributed by atoms with E-state index in [1.165, 1.54) is 35.6 Å². The number of pyridine rings is 1. The fraction of sp³-hybridized carbons (Fsp3) is 0.176. The maximum absolute atomic E-state index is 12.5. The average molecular weight is 390 g/mol. The third-order valence-corrected chi connectivity index (χ3v) is 5.85. The molecule has 7 nitrogen and oxygen atoms in total. The molecule has 9 heteroatoms. The molecule has 3 rings (SSSR count). The minimum absolute atomic E-state index is 0.0236. The first-order chi connectivity index (χ1) is 12.3. The zero-order valence-corrected chi connectivity index (χ0v) is 15.7. The lowest BCUT2D eigenvalue weighted by Gasteiger charge is -2.05. The first-order valence-corrected chi connectivity index (χ1v) is 10.3. The summed E-state index contributed by atoms with van der Waals surface area (Å²) >= 11 is 1.23. The van der Waals surface area contributed by atoms with Crippen LogP contribution in [0.3, 0.4) is 0 Å². The van der Waals surface area contributed by atoms with E-state index in [2.05, 4.69) is 17.2 Å². The number of amides is 1. The van der Waals surface area contributed by atoms with E-state index in [9.17, 15) is 13.2 Å². The third kappa shape index (κ3) is 3.69. The fourth-order valence-corrected chi connectivity index (χ4v) is 4.04. The van der Waals surface area contributed by atoms with Crippen LogP contribution in [0.2, 0.25) is 0 Å². The molecule has 0 atom stereocenters. The number of sulfonamides is 1. The number of aryl methyl sites for hydroxylation is 1. The van der Waals surface area contributed by atoms with Crippen LogP contribution in [-0.2, 0) is 16.4 Å². The molecule has 0 aliphatic rings. The molecule has 0 aliphatic carbocycles. The number of benzene rings is 1. The topological polar surface area (TPSA) is 128 Å². The van der Waals surface area contributed by atoms with Crippen LogP contribution in [0.15, 0.2) is 41.3 Å². The lowest BCUT2D eigenvalue weighted by atomic mass is 10.2. The third-order valence-electron chi connectivity index (χ3n) is 3.80. The molecule has 0 unspecified atom stereocenters. The number of nitrogens with zero attached hydrogens (tertiary/aromatic N) is 1. The molecule has 1 aromatic carbocycles. The van der Waals surface area contributed by atoms with Crippen molar-refractivity contribution in [2.24, 2.45) is 5.14 Å². The molecular weight excluding hydrogens is 372 g/mol. The number of nitrogens with one attached hydrogen (secondary N) is 1. The van der Waals surface area contributed by atoms with E-state index >= 15 is 0 Å². The number of thiophene rings is 1. The lowest BCUT2D eigenvalue weighted by molar-refractivity contribution is 0.103. The van der Waals surface area contributed by atoms with Crippen LogP contribution in [0.5, 0.6) is 0 Å². The molecule has 0 bridgehead atoms. The van der Waals surface area contributed by atoms with E-state index in [0.29, 0.717) is 16.3 Å². The Morgan fingerprint density at radius 2 is 1.88 bits per heavy atom. The summed E-state index contributed by atoms with van der Waals surface area (Å²) in [5.41, 5.74) is 7.91. The summed E-state index contributed by atoms with van der Waals surface area (Å²) in [5.74, 6) is -0.370. The molecule has 2 aromatic heterocycles. The molecule has 0 saturated carbocycles. The van der Waals surface area contributed by atoms with E-state index < -0.39 is 10.0 Å². The van der Waals surface area contributed by atoms with Crippen molar-refractivity contribution in [3.8, 4) is 0 Å². The Labute approximate surface area is 155 Å². The van der Waals surface area contributed by atoms with Gasteiger partial charge < -0.3 is 11.1 Å². The van der Waals surface area contributed by atoms with Gasteiger partial charge in [0.2, 0.25) is 10.0 Å². The van der Waals surface area contributed by atoms with Crippen molar-refractivity contribution >= 4 is 48.9 Å². The minimum atomic E-state index is -3.77. The van der Waals surface area contributed by atoms with Gasteiger partial charge in [-0.25, -0.2) is 18.5 Å². The SMILES string of the molecule is CCCc1ccc2c(N)c(C(=O)Nc3ccc(S(N)(=O)=O)cc3)sc2n1. The van der Waals surface area contributed by atoms with Gasteiger partial charge in [-0.3, -0.25) is 4.79 Å². The van der Waals surface area contributed by atoms with Gasteiger partial charge in [-0.15, -0.1) is 11.3 Å². The molecule has 0 radical (unpaired) electrons. The molecule has 3 aromatic rings. The van der Waals surface area contributed by atoms with Crippen LogP contribution in [0.4, 0.5) is 11.4 Å². The Balaban J connectivity index is 1.86. The molecule has 1 amide bonds. The average Bonchev–Trinajstić information content (AvgIpc) is 2.91. The minimum Gasteiger partial charge on any atom is -0.397 e. The van der Waals surface area contributed by atoms with Crippen LogP contribution >= 0.6 is 11.3 Å². The lowest BCUT2D eigenvalue weighted by Crippen LogP contribution is -2.13. The molecular formula is C17H18N4O3S2. The summed E-state index contributed by atoms with van der Waals surface area (Å²) in [6.45, 7) is 2.08. The van der Waals surface area contributed by atoms with E-state index in [0.717, 1.165) is 28.8 Å². The molecule has 0 aliphatic heterocycles. The van der Waals surface area contributed by atoms with Crippen molar-refractivity contribution in [2.75, 3.05) is 11.1 Å². The number of carbonyl (C=O) groups is 1. The number of nitrogen functional groups attached to an aromatic ring is 1. The summed E-state index contributed by atoms with van der Waals surface area (Å²) in [5, 5.41) is 8.52. The summed E-state index contributed by atoms with van der Waals surface area (Å²) in [4.78, 5) is 18.2. The van der Waals surface area contributed by atoms with Gasteiger partial charge in [0.15, 0.2) is 0 Å². The number of hydrogen-bond donors (Lipinski definition) is 3. The van der Waals surface area contributed by atoms with Gasteiger partial charge in [-0.1, -0.05) is 13.3 Å². The van der Waals surface area contributed by atoms with Crippen molar-refractivity contribution < 1.29 is 13.2 Å². The van der Waals surface area contributed by atoms with Gasteiger partial charge in [0.1, 0.15) is 9.71 Å². The summed E-state index contributed by atoms with van der Waals surface area (Å²) in [6, 6.07) is 9.41. The Morgan fingerprint density at radius 3 is 2.50 bits per heavy atom. The quantitative estimate of drug-likeness (QED) is 0.617. The number of anilines is 2. The maximum atomic E-state index is 12.5. The monoisotopic (exact) mass is 390 g/mol. The first kappa shape index (κ1) is 18.3. The second-order valence-electron chi connectivity index (χ2n) is 5.77. The Morgan fingerprint density at radius 1 is 1.19 bits per heavy atom. The summed E-state index contributed by atoms with van der Waals surface area (Å²) < 4.78 is 22.5. The first-order valence-electron chi connectivity index (χ1n) is 7.91. The number of hydrogen-bond acceptors (Lipinski definition) is 6. The van der Waals surface area contributed by atoms with Crippen LogP contribution < -0.4 is 16.2 Å². The molecule has 0 saturated heterocycles. The highest BCUT2D eigenvalue weighted by molar-refractivity contribution is 7.89. The van der Waals surface area contributed by atoms with E-state index in [4.69, 9.17) is 10.9 Å². The largest absolute Gasteiger partial charge is 0.397 e. The molecule has 2 heterocycles. The van der Waals surface area contributed by atoms with Crippen LogP contribution in [-0.4, -0.2) is 19.3 Å². The van der Waals surface area contributed by atoms with Crippen molar-refractivity contribution in [3.05, 3.63) is 47.0 Å². The normalized spacial score (nSPS) is 11.6. The fourth-order valence-electron chi connectivity index (χ4n) is 2.52. The van der Waals surface area contributed by atoms with E-state index in [1.54, 1.807) is 0 Å². The Kier molecular flexibility index (Phi) is 4.94. The number of primary sulfonamides is 1. The maximum Gasteiger partial charge on any atom is 0.267 e. The van der Waals surface area contributed by atoms with Gasteiger partial charge in [0.25, 0.3) is 5.91 Å². The highest BCUT2D eigenvalue weighted by Gasteiger charge is 2.18. The highest BCUT2D eigenvalue weighted by Crippen LogP contribution is 2.33.